The summed E-state index contributed by atoms with van der Waals surface area (Å²) in [6.45, 7) is 0. The zero-order chi connectivity index (χ0) is 11.7. The second-order valence-corrected chi connectivity index (χ2v) is 2.63. The molecule has 0 bridgehead atoms. The van der Waals surface area contributed by atoms with Crippen molar-refractivity contribution in [3.8, 4) is 0 Å². The molecular formula is C7H4F6N2. The third kappa shape index (κ3) is 3.07. The van der Waals surface area contributed by atoms with E-state index in [1.54, 1.807) is 0 Å². The summed E-state index contributed by atoms with van der Waals surface area (Å²) in [4.78, 5) is 0. The molecule has 0 N–H and O–H groups in total. The average Bonchev–Trinajstić information content (AvgIpc) is 2.24. The van der Waals surface area contributed by atoms with Gasteiger partial charge in [0.25, 0.3) is 0 Å². The van der Waals surface area contributed by atoms with Crippen LogP contribution in [0.2, 0.25) is 0 Å². The molecule has 0 unspecified atom stereocenters. The fraction of sp³-hybridized carbons (Fsp3) is 0.429. The Kier molecular flexibility index (Phi) is 2.87. The molecule has 0 aromatic rings. The van der Waals surface area contributed by atoms with Crippen molar-refractivity contribution >= 4 is 11.4 Å². The van der Waals surface area contributed by atoms with E-state index >= 15 is 0 Å². The van der Waals surface area contributed by atoms with Gasteiger partial charge in [-0.3, -0.25) is 0 Å². The first-order valence-electron chi connectivity index (χ1n) is 3.66. The third-order valence-electron chi connectivity index (χ3n) is 1.48. The van der Waals surface area contributed by atoms with Crippen LogP contribution in [0, 0.1) is 0 Å². The zero-order valence-electron chi connectivity index (χ0n) is 7.02. The van der Waals surface area contributed by atoms with Crippen molar-refractivity contribution < 1.29 is 26.3 Å². The van der Waals surface area contributed by atoms with E-state index in [9.17, 15) is 26.3 Å². The van der Waals surface area contributed by atoms with E-state index in [-0.39, 0.29) is 0 Å². The average molecular weight is 230 g/mol. The molecule has 84 valence electrons. The van der Waals surface area contributed by atoms with Crippen LogP contribution in [0.15, 0.2) is 22.4 Å². The Balaban J connectivity index is 3.01. The lowest BCUT2D eigenvalue weighted by atomic mass is 10.2. The van der Waals surface area contributed by atoms with Gasteiger partial charge in [-0.15, -0.1) is 10.2 Å². The van der Waals surface area contributed by atoms with Crippen LogP contribution in [0.1, 0.15) is 6.42 Å². The Bertz CT molecular complexity index is 332. The van der Waals surface area contributed by atoms with Crippen LogP contribution < -0.4 is 0 Å². The second kappa shape index (κ2) is 3.67. The van der Waals surface area contributed by atoms with Crippen molar-refractivity contribution in [3.63, 3.8) is 0 Å². The molecule has 0 aromatic heterocycles. The van der Waals surface area contributed by atoms with Crippen LogP contribution >= 0.6 is 0 Å². The SMILES string of the molecule is FC(F)(F)C1=NN=C(C(F)(F)F)CC=C1. The van der Waals surface area contributed by atoms with E-state index in [1.807, 2.05) is 0 Å². The molecule has 0 fully saturated rings. The molecule has 0 saturated carbocycles. The monoisotopic (exact) mass is 230 g/mol. The van der Waals surface area contributed by atoms with E-state index in [1.165, 1.54) is 0 Å². The van der Waals surface area contributed by atoms with Gasteiger partial charge in [-0.1, -0.05) is 6.08 Å². The highest BCUT2D eigenvalue weighted by Crippen LogP contribution is 2.24. The molecule has 8 heteroatoms. The lowest BCUT2D eigenvalue weighted by Crippen LogP contribution is -2.22. The van der Waals surface area contributed by atoms with Gasteiger partial charge < -0.3 is 0 Å². The van der Waals surface area contributed by atoms with Crippen LogP contribution in [-0.2, 0) is 0 Å². The number of hydrogen-bond acceptors (Lipinski definition) is 2. The highest BCUT2D eigenvalue weighted by Gasteiger charge is 2.38. The largest absolute Gasteiger partial charge is 0.435 e. The number of halogens is 6. The maximum atomic E-state index is 12.0. The van der Waals surface area contributed by atoms with E-state index < -0.39 is 30.2 Å². The molecule has 1 heterocycles. The minimum absolute atomic E-state index is 0.474. The minimum atomic E-state index is -4.79. The minimum Gasteiger partial charge on any atom is -0.165 e. The molecule has 2 nitrogen and oxygen atoms in total. The molecule has 15 heavy (non-hydrogen) atoms. The molecule has 0 radical (unpaired) electrons. The maximum Gasteiger partial charge on any atom is 0.435 e. The number of nitrogens with zero attached hydrogens (tertiary/aromatic N) is 2. The summed E-state index contributed by atoms with van der Waals surface area (Å²) in [7, 11) is 0. The number of hydrogen-bond donors (Lipinski definition) is 0. The highest BCUT2D eigenvalue weighted by molar-refractivity contribution is 6.02. The number of alkyl halides is 6. The summed E-state index contributed by atoms with van der Waals surface area (Å²) in [5.41, 5.74) is -2.79. The third-order valence-corrected chi connectivity index (χ3v) is 1.48. The normalized spacial score (nSPS) is 18.3. The predicted octanol–water partition coefficient (Wildman–Crippen LogP) is 2.87. The molecule has 1 rings (SSSR count). The van der Waals surface area contributed by atoms with Gasteiger partial charge in [0.15, 0.2) is 5.71 Å². The first-order valence-corrected chi connectivity index (χ1v) is 3.66. The van der Waals surface area contributed by atoms with E-state index in [0.29, 0.717) is 6.08 Å². The van der Waals surface area contributed by atoms with Gasteiger partial charge in [0.2, 0.25) is 0 Å². The standard InChI is InChI=1S/C7H4F6N2/c8-6(9,10)4-2-1-3-5(15-14-4)7(11,12)13/h1-2H,3H2. The second-order valence-electron chi connectivity index (χ2n) is 2.63. The van der Waals surface area contributed by atoms with Gasteiger partial charge in [-0.25, -0.2) is 0 Å². The Labute approximate surface area is 80.0 Å². The molecule has 0 saturated heterocycles. The van der Waals surface area contributed by atoms with Gasteiger partial charge in [0, 0.05) is 6.42 Å². The summed E-state index contributed by atoms with van der Waals surface area (Å²) in [6.07, 6.45) is -9.06. The quantitative estimate of drug-likeness (QED) is 0.571. The fourth-order valence-electron chi connectivity index (χ4n) is 0.794. The summed E-state index contributed by atoms with van der Waals surface area (Å²) in [6, 6.07) is 0. The van der Waals surface area contributed by atoms with Crippen molar-refractivity contribution in [3.05, 3.63) is 12.2 Å². The number of allylic oxidation sites excluding steroid dienone is 2. The first-order chi connectivity index (χ1) is 6.71. The predicted molar refractivity (Wildman–Crippen MR) is 40.7 cm³/mol. The molecule has 0 spiro atoms. The molecule has 0 aromatic carbocycles. The zero-order valence-corrected chi connectivity index (χ0v) is 7.02. The van der Waals surface area contributed by atoms with Crippen LogP contribution in [0.3, 0.4) is 0 Å². The molecule has 1 aliphatic heterocycles. The van der Waals surface area contributed by atoms with Crippen molar-refractivity contribution in [1.82, 2.24) is 0 Å². The van der Waals surface area contributed by atoms with Crippen LogP contribution in [0.5, 0.6) is 0 Å². The van der Waals surface area contributed by atoms with Crippen molar-refractivity contribution in [1.29, 1.82) is 0 Å². The highest BCUT2D eigenvalue weighted by atomic mass is 19.4. The lowest BCUT2D eigenvalue weighted by Gasteiger charge is -2.05. The molecular weight excluding hydrogens is 226 g/mol. The summed E-state index contributed by atoms with van der Waals surface area (Å²) in [5.74, 6) is 0. The Morgan fingerprint density at radius 2 is 1.53 bits per heavy atom. The summed E-state index contributed by atoms with van der Waals surface area (Å²) in [5, 5.41) is 5.05. The van der Waals surface area contributed by atoms with E-state index in [4.69, 9.17) is 0 Å². The van der Waals surface area contributed by atoms with Gasteiger partial charge >= 0.3 is 12.4 Å². The smallest absolute Gasteiger partial charge is 0.165 e. The number of rotatable bonds is 0. The summed E-state index contributed by atoms with van der Waals surface area (Å²) < 4.78 is 72.1. The van der Waals surface area contributed by atoms with Gasteiger partial charge in [-0.05, 0) is 6.08 Å². The van der Waals surface area contributed by atoms with E-state index in [2.05, 4.69) is 10.2 Å². The van der Waals surface area contributed by atoms with Crippen LogP contribution in [-0.4, -0.2) is 23.8 Å². The van der Waals surface area contributed by atoms with Gasteiger partial charge in [0.05, 0.1) is 0 Å². The van der Waals surface area contributed by atoms with Crippen LogP contribution in [0.4, 0.5) is 26.3 Å². The van der Waals surface area contributed by atoms with Gasteiger partial charge in [0.1, 0.15) is 5.71 Å². The van der Waals surface area contributed by atoms with Crippen LogP contribution in [0.25, 0.3) is 0 Å². The van der Waals surface area contributed by atoms with Crippen molar-refractivity contribution in [2.75, 3.05) is 0 Å². The first kappa shape index (κ1) is 11.7. The van der Waals surface area contributed by atoms with Crippen molar-refractivity contribution in [2.24, 2.45) is 10.2 Å². The molecule has 0 atom stereocenters. The molecule has 1 aliphatic rings. The summed E-state index contributed by atoms with van der Waals surface area (Å²) >= 11 is 0. The molecule has 0 aliphatic carbocycles. The maximum absolute atomic E-state index is 12.0. The molecule has 0 amide bonds. The van der Waals surface area contributed by atoms with Crippen molar-refractivity contribution in [2.45, 2.75) is 18.8 Å². The van der Waals surface area contributed by atoms with E-state index in [0.717, 1.165) is 6.08 Å². The lowest BCUT2D eigenvalue weighted by molar-refractivity contribution is -0.0612. The van der Waals surface area contributed by atoms with Gasteiger partial charge in [-0.2, -0.15) is 26.3 Å². The Morgan fingerprint density at radius 1 is 0.933 bits per heavy atom. The Hall–Kier alpha value is -1.34. The fourth-order valence-corrected chi connectivity index (χ4v) is 0.794. The Morgan fingerprint density at radius 3 is 2.00 bits per heavy atom. The topological polar surface area (TPSA) is 24.7 Å².